The van der Waals surface area contributed by atoms with Gasteiger partial charge in [0.25, 0.3) is 0 Å². The normalized spacial score (nSPS) is 10.9. The van der Waals surface area contributed by atoms with Gasteiger partial charge in [-0.05, 0) is 75.3 Å². The molecule has 145 valence electrons. The number of fused-ring (bicyclic) bond motifs is 1. The molecule has 3 nitrogen and oxygen atoms in total. The molecule has 0 fully saturated rings. The van der Waals surface area contributed by atoms with Crippen LogP contribution in [0, 0.1) is 6.07 Å². The van der Waals surface area contributed by atoms with E-state index in [2.05, 4.69) is 48.5 Å². The molecule has 0 aliphatic heterocycles. The van der Waals surface area contributed by atoms with Gasteiger partial charge in [-0.2, -0.15) is 0 Å². The van der Waals surface area contributed by atoms with Crippen molar-refractivity contribution in [2.45, 2.75) is 6.42 Å². The molecule has 0 heterocycles. The Kier molecular flexibility index (Phi) is 5.50. The van der Waals surface area contributed by atoms with Crippen LogP contribution in [-0.2, 0) is 6.42 Å². The molecule has 0 aliphatic carbocycles. The number of aliphatic hydroxyl groups is 1. The zero-order chi connectivity index (χ0) is 20.2. The molecule has 0 saturated carbocycles. The monoisotopic (exact) mass is 383 g/mol. The second-order valence-corrected chi connectivity index (χ2v) is 6.83. The summed E-state index contributed by atoms with van der Waals surface area (Å²) in [5.74, 6) is 1.64. The molecule has 1 N–H and O–H groups in total. The smallest absolute Gasteiger partial charge is 0.118 e. The zero-order valence-electron chi connectivity index (χ0n) is 16.6. The van der Waals surface area contributed by atoms with E-state index < -0.39 is 0 Å². The van der Waals surface area contributed by atoms with Gasteiger partial charge in [0, 0.05) is 6.61 Å². The lowest BCUT2D eigenvalue weighted by Crippen LogP contribution is -1.97. The van der Waals surface area contributed by atoms with Crippen molar-refractivity contribution in [1.82, 2.24) is 0 Å². The van der Waals surface area contributed by atoms with Crippen LogP contribution in [0.15, 0.2) is 72.8 Å². The van der Waals surface area contributed by atoms with Crippen molar-refractivity contribution < 1.29 is 14.6 Å². The zero-order valence-corrected chi connectivity index (χ0v) is 16.6. The quantitative estimate of drug-likeness (QED) is 0.476. The topological polar surface area (TPSA) is 38.7 Å². The van der Waals surface area contributed by atoms with Crippen LogP contribution in [0.2, 0.25) is 0 Å². The van der Waals surface area contributed by atoms with Gasteiger partial charge in [-0.25, -0.2) is 0 Å². The van der Waals surface area contributed by atoms with Gasteiger partial charge in [0.1, 0.15) is 11.5 Å². The van der Waals surface area contributed by atoms with Gasteiger partial charge >= 0.3 is 0 Å². The molecule has 0 atom stereocenters. The first-order valence-electron chi connectivity index (χ1n) is 9.61. The van der Waals surface area contributed by atoms with Crippen LogP contribution < -0.4 is 9.47 Å². The van der Waals surface area contributed by atoms with Gasteiger partial charge in [-0.1, -0.05) is 48.5 Å². The fraction of sp³-hybridized carbons (Fsp3) is 0.154. The highest BCUT2D eigenvalue weighted by atomic mass is 16.5. The van der Waals surface area contributed by atoms with Gasteiger partial charge in [-0.15, -0.1) is 0 Å². The Labute approximate surface area is 171 Å². The second-order valence-electron chi connectivity index (χ2n) is 6.83. The summed E-state index contributed by atoms with van der Waals surface area (Å²) in [6.07, 6.45) is 0.562. The molecule has 0 unspecified atom stereocenters. The van der Waals surface area contributed by atoms with Crippen LogP contribution in [0.4, 0.5) is 0 Å². The minimum absolute atomic E-state index is 0.0877. The first-order chi connectivity index (χ1) is 14.2. The Hall–Kier alpha value is -3.30. The lowest BCUT2D eigenvalue weighted by molar-refractivity contribution is 0.300. The van der Waals surface area contributed by atoms with Crippen molar-refractivity contribution in [2.75, 3.05) is 20.8 Å². The number of aliphatic hydroxyl groups excluding tert-OH is 1. The minimum atomic E-state index is 0.0877. The van der Waals surface area contributed by atoms with Gasteiger partial charge in [0.15, 0.2) is 0 Å². The van der Waals surface area contributed by atoms with E-state index in [0.717, 1.165) is 50.1 Å². The molecule has 4 rings (SSSR count). The van der Waals surface area contributed by atoms with Crippen molar-refractivity contribution in [3.05, 3.63) is 84.4 Å². The van der Waals surface area contributed by atoms with Gasteiger partial charge in [0.2, 0.25) is 0 Å². The van der Waals surface area contributed by atoms with E-state index >= 15 is 0 Å². The van der Waals surface area contributed by atoms with E-state index in [-0.39, 0.29) is 6.61 Å². The van der Waals surface area contributed by atoms with Gasteiger partial charge < -0.3 is 14.6 Å². The van der Waals surface area contributed by atoms with Crippen LogP contribution in [0.25, 0.3) is 33.0 Å². The highest BCUT2D eigenvalue weighted by Crippen LogP contribution is 2.40. The molecular formula is C26H23O3. The molecule has 0 saturated heterocycles. The van der Waals surface area contributed by atoms with Crippen LogP contribution in [-0.4, -0.2) is 25.9 Å². The minimum Gasteiger partial charge on any atom is -0.497 e. The number of ether oxygens (including phenoxy) is 2. The number of benzene rings is 4. The molecule has 4 aromatic carbocycles. The summed E-state index contributed by atoms with van der Waals surface area (Å²) < 4.78 is 10.7. The lowest BCUT2D eigenvalue weighted by atomic mass is 9.86. The predicted octanol–water partition coefficient (Wildman–Crippen LogP) is 5.53. The molecule has 0 spiro atoms. The van der Waals surface area contributed by atoms with Gasteiger partial charge in [0.05, 0.1) is 14.2 Å². The average molecular weight is 383 g/mol. The lowest BCUT2D eigenvalue weighted by Gasteiger charge is -2.17. The van der Waals surface area contributed by atoms with Crippen molar-refractivity contribution in [1.29, 1.82) is 0 Å². The third-order valence-corrected chi connectivity index (χ3v) is 5.17. The average Bonchev–Trinajstić information content (AvgIpc) is 2.79. The highest BCUT2D eigenvalue weighted by molar-refractivity contribution is 6.05. The van der Waals surface area contributed by atoms with E-state index in [1.54, 1.807) is 14.2 Å². The van der Waals surface area contributed by atoms with Crippen molar-refractivity contribution in [2.24, 2.45) is 0 Å². The van der Waals surface area contributed by atoms with E-state index in [4.69, 9.17) is 9.47 Å². The maximum Gasteiger partial charge on any atom is 0.118 e. The van der Waals surface area contributed by atoms with Crippen LogP contribution in [0.1, 0.15) is 5.56 Å². The standard InChI is InChI=1S/C26H23O3/c1-28-21-11-7-18(8-12-21)25-17-20(15-16-27)23-5-3-4-6-24(23)26(25)19-9-13-22(29-2)14-10-19/h3-14,27H,15-16H2,1-2H3. The van der Waals surface area contributed by atoms with E-state index in [0.29, 0.717) is 6.42 Å². The maximum absolute atomic E-state index is 9.60. The van der Waals surface area contributed by atoms with E-state index in [1.165, 1.54) is 0 Å². The summed E-state index contributed by atoms with van der Waals surface area (Å²) in [6.45, 7) is 0.0877. The summed E-state index contributed by atoms with van der Waals surface area (Å²) >= 11 is 0. The summed E-state index contributed by atoms with van der Waals surface area (Å²) in [6, 6.07) is 28.0. The summed E-state index contributed by atoms with van der Waals surface area (Å²) in [4.78, 5) is 0. The fourth-order valence-corrected chi connectivity index (χ4v) is 3.72. The maximum atomic E-state index is 9.60. The summed E-state index contributed by atoms with van der Waals surface area (Å²) in [5, 5.41) is 11.9. The largest absolute Gasteiger partial charge is 0.497 e. The number of hydrogen-bond acceptors (Lipinski definition) is 3. The molecule has 0 aromatic heterocycles. The van der Waals surface area contributed by atoms with E-state index in [9.17, 15) is 5.11 Å². The SMILES string of the molecule is COc1ccc(-c2[c]c(CCO)c3ccccc3c2-c2ccc(OC)cc2)cc1. The first-order valence-corrected chi connectivity index (χ1v) is 9.61. The molecule has 0 bridgehead atoms. The Bertz CT molecular complexity index is 1110. The van der Waals surface area contributed by atoms with Crippen LogP contribution in [0.3, 0.4) is 0 Å². The molecule has 0 amide bonds. The molecule has 3 heteroatoms. The molecule has 4 aromatic rings. The Morgan fingerprint density at radius 3 is 1.83 bits per heavy atom. The Morgan fingerprint density at radius 2 is 1.28 bits per heavy atom. The van der Waals surface area contributed by atoms with E-state index in [1.807, 2.05) is 30.3 Å². The summed E-state index contributed by atoms with van der Waals surface area (Å²) in [5.41, 5.74) is 5.31. The summed E-state index contributed by atoms with van der Waals surface area (Å²) in [7, 11) is 3.34. The Balaban J connectivity index is 2.02. The highest BCUT2D eigenvalue weighted by Gasteiger charge is 2.16. The number of methoxy groups -OCH3 is 2. The number of rotatable bonds is 6. The van der Waals surface area contributed by atoms with Crippen LogP contribution in [0.5, 0.6) is 11.5 Å². The molecule has 0 aliphatic rings. The van der Waals surface area contributed by atoms with Crippen molar-refractivity contribution in [3.63, 3.8) is 0 Å². The third-order valence-electron chi connectivity index (χ3n) is 5.17. The van der Waals surface area contributed by atoms with Crippen LogP contribution >= 0.6 is 0 Å². The molecular weight excluding hydrogens is 360 g/mol. The first kappa shape index (κ1) is 19.0. The van der Waals surface area contributed by atoms with Gasteiger partial charge in [-0.3, -0.25) is 0 Å². The predicted molar refractivity (Wildman–Crippen MR) is 118 cm³/mol. The number of hydrogen-bond donors (Lipinski definition) is 1. The molecule has 1 radical (unpaired) electrons. The molecule has 29 heavy (non-hydrogen) atoms. The van der Waals surface area contributed by atoms with Crippen molar-refractivity contribution in [3.8, 4) is 33.8 Å². The second kappa shape index (κ2) is 8.38. The third kappa shape index (κ3) is 3.69. The van der Waals surface area contributed by atoms with Crippen molar-refractivity contribution >= 4 is 10.8 Å². The fourth-order valence-electron chi connectivity index (χ4n) is 3.72. The Morgan fingerprint density at radius 1 is 0.724 bits per heavy atom.